The van der Waals surface area contributed by atoms with Crippen molar-refractivity contribution in [1.29, 1.82) is 0 Å². The van der Waals surface area contributed by atoms with E-state index in [-0.39, 0.29) is 0 Å². The Balaban J connectivity index is 0.000000401. The summed E-state index contributed by atoms with van der Waals surface area (Å²) in [5.41, 5.74) is 1.26. The molecular formula is C20H27N3O7S. The van der Waals surface area contributed by atoms with E-state index in [9.17, 15) is 0 Å². The van der Waals surface area contributed by atoms with Crippen molar-refractivity contribution in [3.63, 3.8) is 0 Å². The molecule has 0 amide bonds. The second kappa shape index (κ2) is 11.1. The van der Waals surface area contributed by atoms with Gasteiger partial charge in [-0.15, -0.1) is 0 Å². The molecule has 10 nitrogen and oxygen atoms in total. The van der Waals surface area contributed by atoms with E-state index in [2.05, 4.69) is 27.2 Å². The van der Waals surface area contributed by atoms with Crippen LogP contribution in [0.15, 0.2) is 18.2 Å². The molecule has 0 radical (unpaired) electrons. The van der Waals surface area contributed by atoms with Crippen LogP contribution < -0.4 is 14.8 Å². The molecule has 31 heavy (non-hydrogen) atoms. The van der Waals surface area contributed by atoms with Crippen LogP contribution in [0.25, 0.3) is 0 Å². The van der Waals surface area contributed by atoms with Crippen molar-refractivity contribution in [3.8, 4) is 11.5 Å². The summed E-state index contributed by atoms with van der Waals surface area (Å²) in [5, 5.41) is 19.0. The minimum Gasteiger partial charge on any atom is -0.473 e. The van der Waals surface area contributed by atoms with Gasteiger partial charge >= 0.3 is 11.9 Å². The van der Waals surface area contributed by atoms with Crippen molar-refractivity contribution in [2.45, 2.75) is 25.5 Å². The maximum absolute atomic E-state index is 9.10. The molecule has 1 aromatic rings. The van der Waals surface area contributed by atoms with E-state index in [1.165, 1.54) is 5.56 Å². The Bertz CT molecular complexity index is 781. The fourth-order valence-corrected chi connectivity index (χ4v) is 3.79. The molecule has 1 unspecified atom stereocenters. The number of carboxylic acids is 2. The van der Waals surface area contributed by atoms with Crippen molar-refractivity contribution in [2.24, 2.45) is 0 Å². The molecule has 1 atom stereocenters. The Kier molecular flexibility index (Phi) is 8.27. The normalized spacial score (nSPS) is 20.0. The molecule has 2 saturated heterocycles. The average Bonchev–Trinajstić information content (AvgIpc) is 3.44. The molecule has 0 aliphatic carbocycles. The van der Waals surface area contributed by atoms with Gasteiger partial charge in [0.1, 0.15) is 0 Å². The summed E-state index contributed by atoms with van der Waals surface area (Å²) in [6.07, 6.45) is 2.63. The summed E-state index contributed by atoms with van der Waals surface area (Å²) >= 11 is 5.54. The summed E-state index contributed by atoms with van der Waals surface area (Å²) in [6.45, 7) is 6.92. The first-order valence-electron chi connectivity index (χ1n) is 10.1. The van der Waals surface area contributed by atoms with Crippen molar-refractivity contribution in [1.82, 2.24) is 15.1 Å². The number of piperazine rings is 1. The van der Waals surface area contributed by atoms with Gasteiger partial charge < -0.3 is 34.6 Å². The second-order valence-electron chi connectivity index (χ2n) is 7.38. The van der Waals surface area contributed by atoms with Gasteiger partial charge in [0.25, 0.3) is 0 Å². The molecule has 3 heterocycles. The van der Waals surface area contributed by atoms with Crippen LogP contribution >= 0.6 is 12.2 Å². The summed E-state index contributed by atoms with van der Waals surface area (Å²) in [6, 6.07) is 6.20. The predicted octanol–water partition coefficient (Wildman–Crippen LogP) is 0.742. The van der Waals surface area contributed by atoms with Crippen LogP contribution in [0.2, 0.25) is 0 Å². The lowest BCUT2D eigenvalue weighted by Crippen LogP contribution is -2.52. The van der Waals surface area contributed by atoms with E-state index in [0.717, 1.165) is 75.3 Å². The van der Waals surface area contributed by atoms with Crippen LogP contribution in [0, 0.1) is 0 Å². The molecular weight excluding hydrogens is 426 g/mol. The minimum absolute atomic E-state index is 0.324. The fourth-order valence-electron chi connectivity index (χ4n) is 3.52. The number of ether oxygens (including phenoxy) is 3. The van der Waals surface area contributed by atoms with Gasteiger partial charge in [-0.05, 0) is 42.8 Å². The molecule has 0 aromatic heterocycles. The zero-order valence-electron chi connectivity index (χ0n) is 17.1. The lowest BCUT2D eigenvalue weighted by atomic mass is 10.1. The number of aliphatic carboxylic acids is 2. The SMILES string of the molecule is O=C(O)C(=O)O.S=C(NCC1CCCO1)N1CCN(Cc2ccc3c(c2)OCO3)CC1. The topological polar surface area (TPSA) is 121 Å². The number of carbonyl (C=O) groups is 2. The van der Waals surface area contributed by atoms with Gasteiger partial charge in [-0.25, -0.2) is 9.59 Å². The number of hydrogen-bond donors (Lipinski definition) is 3. The summed E-state index contributed by atoms with van der Waals surface area (Å²) in [5.74, 6) is -1.95. The molecule has 1 aromatic carbocycles. The molecule has 3 aliphatic rings. The van der Waals surface area contributed by atoms with Gasteiger partial charge in [0.05, 0.1) is 6.10 Å². The fraction of sp³-hybridized carbons (Fsp3) is 0.550. The third-order valence-corrected chi connectivity index (χ3v) is 5.59. The number of thiocarbonyl (C=S) groups is 1. The largest absolute Gasteiger partial charge is 0.473 e. The van der Waals surface area contributed by atoms with E-state index in [1.54, 1.807) is 0 Å². The molecule has 0 bridgehead atoms. The summed E-state index contributed by atoms with van der Waals surface area (Å²) in [7, 11) is 0. The van der Waals surface area contributed by atoms with Crippen molar-refractivity contribution in [2.75, 3.05) is 46.1 Å². The number of hydrogen-bond acceptors (Lipinski definition) is 7. The highest BCUT2D eigenvalue weighted by molar-refractivity contribution is 7.80. The van der Waals surface area contributed by atoms with Crippen LogP contribution in [-0.2, 0) is 20.9 Å². The van der Waals surface area contributed by atoms with Crippen LogP contribution in [0.3, 0.4) is 0 Å². The second-order valence-corrected chi connectivity index (χ2v) is 7.77. The summed E-state index contributed by atoms with van der Waals surface area (Å²) < 4.78 is 16.5. The standard InChI is InChI=1S/C18H25N3O3S.C2H2O4/c25-18(19-11-15-2-1-9-22-15)21-7-5-20(6-8-21)12-14-3-4-16-17(10-14)24-13-23-16;3-1(4)2(5)6/h3-4,10,15H,1-2,5-9,11-13H2,(H,19,25);(H,3,4)(H,5,6). The van der Waals surface area contributed by atoms with Crippen LogP contribution in [0.1, 0.15) is 18.4 Å². The van der Waals surface area contributed by atoms with Gasteiger partial charge in [-0.2, -0.15) is 0 Å². The smallest absolute Gasteiger partial charge is 0.414 e. The van der Waals surface area contributed by atoms with E-state index in [4.69, 9.17) is 46.2 Å². The Labute approximate surface area is 185 Å². The van der Waals surface area contributed by atoms with Crippen molar-refractivity contribution < 1.29 is 34.0 Å². The number of nitrogens with one attached hydrogen (secondary N) is 1. The molecule has 11 heteroatoms. The maximum Gasteiger partial charge on any atom is 0.414 e. The first-order valence-corrected chi connectivity index (χ1v) is 10.5. The quantitative estimate of drug-likeness (QED) is 0.442. The van der Waals surface area contributed by atoms with Gasteiger partial charge in [-0.1, -0.05) is 6.07 Å². The number of carboxylic acid groups (broad SMARTS) is 2. The van der Waals surface area contributed by atoms with E-state index < -0.39 is 11.9 Å². The monoisotopic (exact) mass is 453 g/mol. The summed E-state index contributed by atoms with van der Waals surface area (Å²) in [4.78, 5) is 22.9. The lowest BCUT2D eigenvalue weighted by Gasteiger charge is -2.36. The average molecular weight is 454 g/mol. The first kappa shape index (κ1) is 23.0. The number of rotatable bonds is 4. The maximum atomic E-state index is 9.10. The zero-order chi connectivity index (χ0) is 22.2. The molecule has 4 rings (SSSR count). The number of nitrogens with zero attached hydrogens (tertiary/aromatic N) is 2. The molecule has 3 N–H and O–H groups in total. The molecule has 2 fully saturated rings. The molecule has 0 spiro atoms. The zero-order valence-corrected chi connectivity index (χ0v) is 17.9. The minimum atomic E-state index is -1.82. The van der Waals surface area contributed by atoms with Crippen LogP contribution in [0.5, 0.6) is 11.5 Å². The van der Waals surface area contributed by atoms with Crippen LogP contribution in [0.4, 0.5) is 0 Å². The van der Waals surface area contributed by atoms with Gasteiger partial charge in [0, 0.05) is 45.9 Å². The molecule has 3 aliphatic heterocycles. The van der Waals surface area contributed by atoms with E-state index in [1.807, 2.05) is 6.07 Å². The Morgan fingerprint density at radius 3 is 2.45 bits per heavy atom. The number of benzene rings is 1. The third-order valence-electron chi connectivity index (χ3n) is 5.19. The van der Waals surface area contributed by atoms with Crippen LogP contribution in [-0.4, -0.2) is 89.3 Å². The molecule has 0 saturated carbocycles. The molecule has 170 valence electrons. The van der Waals surface area contributed by atoms with E-state index >= 15 is 0 Å². The van der Waals surface area contributed by atoms with Gasteiger partial charge in [0.2, 0.25) is 6.79 Å². The van der Waals surface area contributed by atoms with Crippen molar-refractivity contribution >= 4 is 29.3 Å². The Morgan fingerprint density at radius 2 is 1.81 bits per heavy atom. The highest BCUT2D eigenvalue weighted by Gasteiger charge is 2.21. The predicted molar refractivity (Wildman–Crippen MR) is 114 cm³/mol. The Hall–Kier alpha value is -2.63. The van der Waals surface area contributed by atoms with E-state index in [0.29, 0.717) is 12.9 Å². The number of fused-ring (bicyclic) bond motifs is 1. The third kappa shape index (κ3) is 6.94. The first-order chi connectivity index (χ1) is 14.9. The van der Waals surface area contributed by atoms with Gasteiger partial charge in [0.15, 0.2) is 16.6 Å². The Morgan fingerprint density at radius 1 is 1.10 bits per heavy atom. The van der Waals surface area contributed by atoms with Crippen molar-refractivity contribution in [3.05, 3.63) is 23.8 Å². The van der Waals surface area contributed by atoms with Gasteiger partial charge in [-0.3, -0.25) is 4.90 Å². The highest BCUT2D eigenvalue weighted by atomic mass is 32.1. The lowest BCUT2D eigenvalue weighted by molar-refractivity contribution is -0.159. The highest BCUT2D eigenvalue weighted by Crippen LogP contribution is 2.32.